The number of anilines is 1. The van der Waals surface area contributed by atoms with E-state index in [9.17, 15) is 14.7 Å². The van der Waals surface area contributed by atoms with Crippen molar-refractivity contribution in [2.45, 2.75) is 6.42 Å². The second-order valence-electron chi connectivity index (χ2n) is 6.01. The summed E-state index contributed by atoms with van der Waals surface area (Å²) in [5.41, 5.74) is 0.402. The number of aliphatic carboxylic acids is 1. The van der Waals surface area contributed by atoms with Crippen LogP contribution in [0.15, 0.2) is 24.3 Å². The zero-order valence-corrected chi connectivity index (χ0v) is 14.0. The topological polar surface area (TPSA) is 84.9 Å². The number of carbonyl (C=O) groups is 2. The number of carboxylic acid groups (broad SMARTS) is 1. The van der Waals surface area contributed by atoms with Crippen LogP contribution in [0.5, 0.6) is 11.5 Å². The van der Waals surface area contributed by atoms with Crippen LogP contribution in [0.4, 0.5) is 5.69 Å². The van der Waals surface area contributed by atoms with Crippen molar-refractivity contribution in [3.8, 4) is 11.5 Å². The third-order valence-corrected chi connectivity index (χ3v) is 5.07. The Balaban J connectivity index is 1.87. The first-order valence-corrected chi connectivity index (χ1v) is 7.97. The SMILES string of the molecule is COc1cc(NC(=O)[C@@H]2[C@@H](C(=O)O)[C@@H]3C=C[C@H]2C3)c(OC)cc1Cl. The van der Waals surface area contributed by atoms with Gasteiger partial charge in [-0.3, -0.25) is 9.59 Å². The van der Waals surface area contributed by atoms with Crippen LogP contribution < -0.4 is 14.8 Å². The number of benzene rings is 1. The van der Waals surface area contributed by atoms with E-state index in [1.165, 1.54) is 14.2 Å². The Hall–Kier alpha value is -2.21. The fraction of sp³-hybridized carbons (Fsp3) is 0.412. The van der Waals surface area contributed by atoms with Crippen LogP contribution in [0.1, 0.15) is 6.42 Å². The number of amides is 1. The number of methoxy groups -OCH3 is 2. The highest BCUT2D eigenvalue weighted by Gasteiger charge is 2.51. The highest BCUT2D eigenvalue weighted by Crippen LogP contribution is 2.48. The Kier molecular flexibility index (Phi) is 4.41. The first-order chi connectivity index (χ1) is 11.5. The maximum Gasteiger partial charge on any atom is 0.307 e. The monoisotopic (exact) mass is 351 g/mol. The summed E-state index contributed by atoms with van der Waals surface area (Å²) in [6, 6.07) is 3.11. The van der Waals surface area contributed by atoms with E-state index in [4.69, 9.17) is 21.1 Å². The Morgan fingerprint density at radius 1 is 1.12 bits per heavy atom. The quantitative estimate of drug-likeness (QED) is 0.797. The number of hydrogen-bond acceptors (Lipinski definition) is 4. The lowest BCUT2D eigenvalue weighted by Gasteiger charge is -2.24. The van der Waals surface area contributed by atoms with Gasteiger partial charge in [0.25, 0.3) is 0 Å². The van der Waals surface area contributed by atoms with E-state index in [1.807, 2.05) is 12.2 Å². The van der Waals surface area contributed by atoms with Crippen LogP contribution in [-0.4, -0.2) is 31.2 Å². The Labute approximate surface area is 144 Å². The van der Waals surface area contributed by atoms with Gasteiger partial charge >= 0.3 is 5.97 Å². The first kappa shape index (κ1) is 16.6. The molecular weight excluding hydrogens is 334 g/mol. The van der Waals surface area contributed by atoms with Gasteiger partial charge in [0.05, 0.1) is 36.8 Å². The van der Waals surface area contributed by atoms with Crippen LogP contribution in [0.2, 0.25) is 5.02 Å². The maximum atomic E-state index is 12.7. The second kappa shape index (κ2) is 6.36. The fourth-order valence-electron chi connectivity index (χ4n) is 3.69. The average molecular weight is 352 g/mol. The molecule has 0 heterocycles. The molecule has 2 aliphatic rings. The third-order valence-electron chi connectivity index (χ3n) is 4.78. The van der Waals surface area contributed by atoms with Gasteiger partial charge in [-0.1, -0.05) is 23.8 Å². The standard InChI is InChI=1S/C17H18ClNO5/c1-23-12-7-11(13(24-2)6-10(12)18)19-16(20)14-8-3-4-9(5-8)15(14)17(21)22/h3-4,6-9,14-15H,5H2,1-2H3,(H,19,20)(H,21,22)/t8-,9+,14-,15-/m0/s1. The number of nitrogens with one attached hydrogen (secondary N) is 1. The minimum absolute atomic E-state index is 0.0451. The molecule has 1 aromatic rings. The van der Waals surface area contributed by atoms with Gasteiger partial charge in [-0.25, -0.2) is 0 Å². The van der Waals surface area contributed by atoms with E-state index < -0.39 is 17.8 Å². The van der Waals surface area contributed by atoms with Gasteiger partial charge < -0.3 is 19.9 Å². The van der Waals surface area contributed by atoms with E-state index >= 15 is 0 Å². The molecule has 0 spiro atoms. The van der Waals surface area contributed by atoms with Crippen molar-refractivity contribution in [1.29, 1.82) is 0 Å². The minimum Gasteiger partial charge on any atom is -0.495 e. The van der Waals surface area contributed by atoms with Crippen molar-refractivity contribution in [2.24, 2.45) is 23.7 Å². The number of hydrogen-bond donors (Lipinski definition) is 2. The van der Waals surface area contributed by atoms with E-state index in [0.717, 1.165) is 0 Å². The number of carbonyl (C=O) groups excluding carboxylic acids is 1. The smallest absolute Gasteiger partial charge is 0.307 e. The zero-order chi connectivity index (χ0) is 17.4. The molecule has 2 aliphatic carbocycles. The summed E-state index contributed by atoms with van der Waals surface area (Å²) < 4.78 is 10.4. The van der Waals surface area contributed by atoms with Crippen molar-refractivity contribution in [2.75, 3.05) is 19.5 Å². The fourth-order valence-corrected chi connectivity index (χ4v) is 3.92. The average Bonchev–Trinajstić information content (AvgIpc) is 3.16. The number of rotatable bonds is 5. The molecule has 7 heteroatoms. The van der Waals surface area contributed by atoms with Gasteiger partial charge in [-0.15, -0.1) is 0 Å². The summed E-state index contributed by atoms with van der Waals surface area (Å²) >= 11 is 6.06. The molecule has 3 rings (SSSR count). The number of allylic oxidation sites excluding steroid dienone is 2. The van der Waals surface area contributed by atoms with E-state index in [-0.39, 0.29) is 17.7 Å². The van der Waals surface area contributed by atoms with Crippen LogP contribution in [0.25, 0.3) is 0 Å². The molecule has 4 atom stereocenters. The van der Waals surface area contributed by atoms with Crippen molar-refractivity contribution in [1.82, 2.24) is 0 Å². The van der Waals surface area contributed by atoms with Gasteiger partial charge in [-0.05, 0) is 18.3 Å². The Morgan fingerprint density at radius 3 is 2.33 bits per heavy atom. The first-order valence-electron chi connectivity index (χ1n) is 7.59. The van der Waals surface area contributed by atoms with Gasteiger partial charge in [0, 0.05) is 12.1 Å². The predicted molar refractivity (Wildman–Crippen MR) is 88.5 cm³/mol. The Bertz CT molecular complexity index is 717. The predicted octanol–water partition coefficient (Wildman–Crippen LogP) is 2.82. The van der Waals surface area contributed by atoms with E-state index in [1.54, 1.807) is 12.1 Å². The molecule has 1 aromatic carbocycles. The molecule has 24 heavy (non-hydrogen) atoms. The van der Waals surface area contributed by atoms with Gasteiger partial charge in [-0.2, -0.15) is 0 Å². The van der Waals surface area contributed by atoms with E-state index in [0.29, 0.717) is 28.6 Å². The summed E-state index contributed by atoms with van der Waals surface area (Å²) in [4.78, 5) is 24.3. The highest BCUT2D eigenvalue weighted by atomic mass is 35.5. The normalized spacial score (nSPS) is 27.1. The van der Waals surface area contributed by atoms with Crippen molar-refractivity contribution < 1.29 is 24.2 Å². The van der Waals surface area contributed by atoms with Crippen LogP contribution >= 0.6 is 11.6 Å². The van der Waals surface area contributed by atoms with Crippen molar-refractivity contribution in [3.05, 3.63) is 29.3 Å². The molecule has 6 nitrogen and oxygen atoms in total. The largest absolute Gasteiger partial charge is 0.495 e. The molecule has 2 bridgehead atoms. The molecule has 128 valence electrons. The molecule has 0 saturated heterocycles. The van der Waals surface area contributed by atoms with E-state index in [2.05, 4.69) is 5.32 Å². The van der Waals surface area contributed by atoms with Gasteiger partial charge in [0.1, 0.15) is 11.5 Å². The molecule has 2 N–H and O–H groups in total. The molecule has 0 radical (unpaired) electrons. The van der Waals surface area contributed by atoms with Crippen LogP contribution in [-0.2, 0) is 9.59 Å². The third kappa shape index (κ3) is 2.71. The molecule has 0 unspecified atom stereocenters. The summed E-state index contributed by atoms with van der Waals surface area (Å²) in [5, 5.41) is 12.6. The van der Waals surface area contributed by atoms with Crippen molar-refractivity contribution >= 4 is 29.2 Å². The second-order valence-corrected chi connectivity index (χ2v) is 6.42. The van der Waals surface area contributed by atoms with Crippen LogP contribution in [0.3, 0.4) is 0 Å². The Morgan fingerprint density at radius 2 is 1.75 bits per heavy atom. The summed E-state index contributed by atoms with van der Waals surface area (Å²) in [7, 11) is 2.94. The zero-order valence-electron chi connectivity index (χ0n) is 13.3. The molecule has 1 saturated carbocycles. The summed E-state index contributed by atoms with van der Waals surface area (Å²) in [6.07, 6.45) is 4.54. The number of ether oxygens (including phenoxy) is 2. The molecule has 0 aromatic heterocycles. The lowest BCUT2D eigenvalue weighted by Crippen LogP contribution is -2.36. The number of fused-ring (bicyclic) bond motifs is 2. The summed E-state index contributed by atoms with van der Waals surface area (Å²) in [6.45, 7) is 0. The molecule has 0 aliphatic heterocycles. The highest BCUT2D eigenvalue weighted by molar-refractivity contribution is 6.32. The maximum absolute atomic E-state index is 12.7. The van der Waals surface area contributed by atoms with Crippen LogP contribution in [0, 0.1) is 23.7 Å². The molecular formula is C17H18ClNO5. The molecule has 1 amide bonds. The minimum atomic E-state index is -0.937. The lowest BCUT2D eigenvalue weighted by molar-refractivity contribution is -0.146. The van der Waals surface area contributed by atoms with Gasteiger partial charge in [0.2, 0.25) is 5.91 Å². The lowest BCUT2D eigenvalue weighted by atomic mass is 9.82. The van der Waals surface area contributed by atoms with Crippen molar-refractivity contribution in [3.63, 3.8) is 0 Å². The van der Waals surface area contributed by atoms with Gasteiger partial charge in [0.15, 0.2) is 0 Å². The summed E-state index contributed by atoms with van der Waals surface area (Å²) in [5.74, 6) is -1.89. The number of halogens is 1. The number of carboxylic acids is 1. The molecule has 1 fully saturated rings.